The first-order chi connectivity index (χ1) is 5.66. The molecule has 1 unspecified atom stereocenters. The summed E-state index contributed by atoms with van der Waals surface area (Å²) in [5.74, 6) is 2.36. The highest BCUT2D eigenvalue weighted by molar-refractivity contribution is 5.22. The van der Waals surface area contributed by atoms with Crippen LogP contribution >= 0.6 is 0 Å². The molecule has 12 heavy (non-hydrogen) atoms. The Morgan fingerprint density at radius 3 is 3.08 bits per heavy atom. The van der Waals surface area contributed by atoms with E-state index in [1.54, 1.807) is 18.2 Å². The van der Waals surface area contributed by atoms with E-state index in [0.717, 1.165) is 0 Å². The quantitative estimate of drug-likeness (QED) is 0.449. The zero-order valence-corrected chi connectivity index (χ0v) is 6.79. The first-order valence-corrected chi connectivity index (χ1v) is 3.66. The van der Waals surface area contributed by atoms with Gasteiger partial charge in [0.25, 0.3) is 0 Å². The Balaban J connectivity index is 2.58. The summed E-state index contributed by atoms with van der Waals surface area (Å²) in [4.78, 5) is 0. The molecule has 0 aromatic carbocycles. The smallest absolute Gasteiger partial charge is 0.142 e. The molecule has 1 rings (SSSR count). The normalized spacial score (nSPS) is 27.8. The highest BCUT2D eigenvalue weighted by atomic mass is 16.5. The third kappa shape index (κ3) is 2.12. The molecule has 3 nitrogen and oxygen atoms in total. The molecule has 0 spiro atoms. The number of nitrogens with two attached hydrogens (primary N) is 2. The summed E-state index contributed by atoms with van der Waals surface area (Å²) in [5, 5.41) is 0. The molecule has 1 atom stereocenters. The third-order valence-corrected chi connectivity index (χ3v) is 1.59. The van der Waals surface area contributed by atoms with Gasteiger partial charge in [0.2, 0.25) is 0 Å². The first-order valence-electron chi connectivity index (χ1n) is 3.66. The monoisotopic (exact) mass is 164 g/mol. The van der Waals surface area contributed by atoms with Crippen LogP contribution in [-0.2, 0) is 4.74 Å². The molecule has 0 saturated heterocycles. The standard InChI is InChI=1S/C9H12N2O/c1-2-6-12-9(11)5-3-4-8(10)7-9/h1,3-5H,6-7,10-11H2. The van der Waals surface area contributed by atoms with Crippen molar-refractivity contribution in [2.75, 3.05) is 6.61 Å². The summed E-state index contributed by atoms with van der Waals surface area (Å²) in [5.41, 5.74) is 11.3. The van der Waals surface area contributed by atoms with Crippen molar-refractivity contribution in [3.8, 4) is 12.3 Å². The Hall–Kier alpha value is -1.24. The minimum Gasteiger partial charge on any atom is -0.402 e. The number of allylic oxidation sites excluding steroid dienone is 2. The molecule has 64 valence electrons. The van der Waals surface area contributed by atoms with Gasteiger partial charge in [-0.25, -0.2) is 0 Å². The van der Waals surface area contributed by atoms with Gasteiger partial charge in [-0.3, -0.25) is 5.73 Å². The van der Waals surface area contributed by atoms with E-state index >= 15 is 0 Å². The average molecular weight is 164 g/mol. The zero-order valence-electron chi connectivity index (χ0n) is 6.79. The average Bonchev–Trinajstić information content (AvgIpc) is 2.01. The van der Waals surface area contributed by atoms with E-state index in [0.29, 0.717) is 12.1 Å². The highest BCUT2D eigenvalue weighted by Crippen LogP contribution is 2.18. The van der Waals surface area contributed by atoms with Crippen LogP contribution in [-0.4, -0.2) is 12.3 Å². The highest BCUT2D eigenvalue weighted by Gasteiger charge is 2.24. The van der Waals surface area contributed by atoms with Crippen LogP contribution in [0.15, 0.2) is 23.9 Å². The first kappa shape index (κ1) is 8.85. The molecule has 4 N–H and O–H groups in total. The summed E-state index contributed by atoms with van der Waals surface area (Å²) in [6.07, 6.45) is 10.8. The Labute approximate surface area is 72.1 Å². The number of rotatable bonds is 2. The fraction of sp³-hybridized carbons (Fsp3) is 0.333. The molecule has 0 heterocycles. The van der Waals surface area contributed by atoms with Crippen molar-refractivity contribution in [2.45, 2.75) is 12.1 Å². The number of hydrogen-bond acceptors (Lipinski definition) is 3. The van der Waals surface area contributed by atoms with E-state index in [1.165, 1.54) is 0 Å². The van der Waals surface area contributed by atoms with Gasteiger partial charge in [0.05, 0.1) is 0 Å². The molecule has 0 fully saturated rings. The molecular weight excluding hydrogens is 152 g/mol. The fourth-order valence-corrected chi connectivity index (χ4v) is 1.05. The Kier molecular flexibility index (Phi) is 2.54. The predicted octanol–water partition coefficient (Wildman–Crippen LogP) is 0.0937. The minimum atomic E-state index is -0.814. The maximum atomic E-state index is 5.81. The Morgan fingerprint density at radius 2 is 2.50 bits per heavy atom. The molecule has 0 bridgehead atoms. The summed E-state index contributed by atoms with van der Waals surface area (Å²) in [7, 11) is 0. The van der Waals surface area contributed by atoms with Gasteiger partial charge in [-0.15, -0.1) is 6.42 Å². The summed E-state index contributed by atoms with van der Waals surface area (Å²) >= 11 is 0. The second kappa shape index (κ2) is 3.44. The van der Waals surface area contributed by atoms with Crippen molar-refractivity contribution >= 4 is 0 Å². The number of terminal acetylenes is 1. The topological polar surface area (TPSA) is 61.3 Å². The van der Waals surface area contributed by atoms with Crippen molar-refractivity contribution in [3.05, 3.63) is 23.9 Å². The lowest BCUT2D eigenvalue weighted by molar-refractivity contribution is 0.0158. The van der Waals surface area contributed by atoms with Crippen LogP contribution in [0.2, 0.25) is 0 Å². The SMILES string of the molecule is C#CCOC1(N)C=CC=C(N)C1. The molecule has 0 aliphatic heterocycles. The van der Waals surface area contributed by atoms with E-state index in [4.69, 9.17) is 22.6 Å². The van der Waals surface area contributed by atoms with Gasteiger partial charge in [-0.2, -0.15) is 0 Å². The van der Waals surface area contributed by atoms with Crippen LogP contribution in [0.1, 0.15) is 6.42 Å². The maximum Gasteiger partial charge on any atom is 0.142 e. The van der Waals surface area contributed by atoms with Gasteiger partial charge < -0.3 is 10.5 Å². The molecule has 3 heteroatoms. The Morgan fingerprint density at radius 1 is 1.75 bits per heavy atom. The zero-order chi connectivity index (χ0) is 9.03. The van der Waals surface area contributed by atoms with Crippen LogP contribution < -0.4 is 11.5 Å². The lowest BCUT2D eigenvalue weighted by Gasteiger charge is -2.27. The summed E-state index contributed by atoms with van der Waals surface area (Å²) in [6.45, 7) is 0.203. The number of ether oxygens (including phenoxy) is 1. The molecule has 0 amide bonds. The molecule has 0 radical (unpaired) electrons. The molecule has 1 aliphatic rings. The number of hydrogen-bond donors (Lipinski definition) is 2. The largest absolute Gasteiger partial charge is 0.402 e. The van der Waals surface area contributed by atoms with Gasteiger partial charge in [-0.05, 0) is 12.2 Å². The minimum absolute atomic E-state index is 0.203. The molecule has 1 aliphatic carbocycles. The molecule has 0 aromatic heterocycles. The third-order valence-electron chi connectivity index (χ3n) is 1.59. The van der Waals surface area contributed by atoms with Crippen LogP contribution in [0, 0.1) is 12.3 Å². The molecule has 0 saturated carbocycles. The summed E-state index contributed by atoms with van der Waals surface area (Å²) < 4.78 is 5.22. The van der Waals surface area contributed by atoms with Crippen molar-refractivity contribution in [3.63, 3.8) is 0 Å². The van der Waals surface area contributed by atoms with Crippen molar-refractivity contribution in [1.29, 1.82) is 0 Å². The van der Waals surface area contributed by atoms with Gasteiger partial charge in [0.1, 0.15) is 12.3 Å². The van der Waals surface area contributed by atoms with E-state index in [9.17, 15) is 0 Å². The second-order valence-electron chi connectivity index (χ2n) is 2.73. The van der Waals surface area contributed by atoms with Crippen LogP contribution in [0.4, 0.5) is 0 Å². The lowest BCUT2D eigenvalue weighted by atomic mass is 10.0. The maximum absolute atomic E-state index is 5.81. The fourth-order valence-electron chi connectivity index (χ4n) is 1.05. The van der Waals surface area contributed by atoms with Gasteiger partial charge in [-0.1, -0.05) is 12.0 Å². The van der Waals surface area contributed by atoms with Crippen molar-refractivity contribution in [1.82, 2.24) is 0 Å². The van der Waals surface area contributed by atoms with Crippen LogP contribution in [0.25, 0.3) is 0 Å². The van der Waals surface area contributed by atoms with Gasteiger partial charge >= 0.3 is 0 Å². The Bertz CT molecular complexity index is 262. The van der Waals surface area contributed by atoms with E-state index in [-0.39, 0.29) is 6.61 Å². The summed E-state index contributed by atoms with van der Waals surface area (Å²) in [6, 6.07) is 0. The van der Waals surface area contributed by atoms with E-state index in [1.807, 2.05) is 0 Å². The van der Waals surface area contributed by atoms with Gasteiger partial charge in [0, 0.05) is 12.1 Å². The van der Waals surface area contributed by atoms with Crippen molar-refractivity contribution < 1.29 is 4.74 Å². The second-order valence-corrected chi connectivity index (χ2v) is 2.73. The van der Waals surface area contributed by atoms with Gasteiger partial charge in [0.15, 0.2) is 0 Å². The van der Waals surface area contributed by atoms with Crippen LogP contribution in [0.3, 0.4) is 0 Å². The van der Waals surface area contributed by atoms with E-state index in [2.05, 4.69) is 5.92 Å². The van der Waals surface area contributed by atoms with Crippen LogP contribution in [0.5, 0.6) is 0 Å². The molecule has 0 aromatic rings. The lowest BCUT2D eigenvalue weighted by Crippen LogP contribution is -2.43. The van der Waals surface area contributed by atoms with Crippen molar-refractivity contribution in [2.24, 2.45) is 11.5 Å². The van der Waals surface area contributed by atoms with E-state index < -0.39 is 5.72 Å². The molecular formula is C9H12N2O. The predicted molar refractivity (Wildman–Crippen MR) is 47.7 cm³/mol.